The molecule has 2 amide bonds. The molecule has 194 valence electrons. The smallest absolute Gasteiger partial charge is 0.418 e. The number of pyridine rings is 1. The van der Waals surface area contributed by atoms with Crippen molar-refractivity contribution in [1.82, 2.24) is 15.6 Å². The molecule has 2 aromatic carbocycles. The van der Waals surface area contributed by atoms with Crippen molar-refractivity contribution >= 4 is 23.2 Å². The first kappa shape index (κ1) is 26.0. The Morgan fingerprint density at radius 3 is 2.54 bits per heavy atom. The number of amides is 2. The lowest BCUT2D eigenvalue weighted by Crippen LogP contribution is -2.59. The van der Waals surface area contributed by atoms with Gasteiger partial charge in [-0.15, -0.1) is 0 Å². The number of carbonyl (C=O) groups excluding carboxylic acids is 2. The van der Waals surface area contributed by atoms with E-state index in [1.54, 1.807) is 24.3 Å². The van der Waals surface area contributed by atoms with E-state index in [4.69, 9.17) is 9.47 Å². The lowest BCUT2D eigenvalue weighted by atomic mass is 9.96. The number of hydrogen-bond acceptors (Lipinski definition) is 6. The number of aromatic nitrogens is 1. The van der Waals surface area contributed by atoms with Gasteiger partial charge in [0.1, 0.15) is 11.3 Å². The van der Waals surface area contributed by atoms with Gasteiger partial charge in [0.05, 0.1) is 36.7 Å². The number of hydrogen-bond donors (Lipinski definition) is 3. The predicted octanol–water partition coefficient (Wildman–Crippen LogP) is 4.06. The number of alkyl halides is 3. The molecular weight excluding hydrogens is 489 g/mol. The summed E-state index contributed by atoms with van der Waals surface area (Å²) in [4.78, 5) is 29.9. The van der Waals surface area contributed by atoms with Crippen LogP contribution < -0.4 is 20.7 Å². The van der Waals surface area contributed by atoms with E-state index in [1.165, 1.54) is 43.8 Å². The van der Waals surface area contributed by atoms with Gasteiger partial charge in [-0.1, -0.05) is 24.3 Å². The van der Waals surface area contributed by atoms with Crippen LogP contribution in [0.25, 0.3) is 0 Å². The minimum Gasteiger partial charge on any atom is -0.495 e. The minimum atomic E-state index is -4.48. The van der Waals surface area contributed by atoms with E-state index in [9.17, 15) is 22.8 Å². The summed E-state index contributed by atoms with van der Waals surface area (Å²) < 4.78 is 50.2. The van der Waals surface area contributed by atoms with Gasteiger partial charge in [-0.3, -0.25) is 14.6 Å². The third kappa shape index (κ3) is 6.18. The van der Waals surface area contributed by atoms with Gasteiger partial charge in [0.25, 0.3) is 5.91 Å². The Kier molecular flexibility index (Phi) is 7.63. The van der Waals surface area contributed by atoms with Crippen molar-refractivity contribution in [2.24, 2.45) is 0 Å². The number of carbonyl (C=O) groups is 2. The van der Waals surface area contributed by atoms with Gasteiger partial charge in [-0.2, -0.15) is 13.2 Å². The maximum atomic E-state index is 13.2. The second kappa shape index (κ2) is 10.9. The molecule has 0 spiro atoms. The first-order valence-corrected chi connectivity index (χ1v) is 11.4. The van der Waals surface area contributed by atoms with Crippen LogP contribution >= 0.6 is 0 Å². The monoisotopic (exact) mass is 514 g/mol. The number of anilines is 2. The Morgan fingerprint density at radius 2 is 1.86 bits per heavy atom. The molecule has 1 aliphatic heterocycles. The molecule has 2 heterocycles. The number of methoxy groups -OCH3 is 1. The van der Waals surface area contributed by atoms with Gasteiger partial charge < -0.3 is 25.4 Å². The van der Waals surface area contributed by atoms with Crippen LogP contribution in [-0.2, 0) is 22.3 Å². The SMILES string of the molecule is COc1cncc(C(=O)N[C@@]2(C(=O)NCc3ccc(Nc4ccccc4C(F)(F)F)cc3)CCOC2)c1. The Balaban J connectivity index is 1.39. The maximum absolute atomic E-state index is 13.2. The standard InChI is InChI=1S/C26H25F3N4O4/c1-36-20-12-18(14-30-15-20)23(34)33-25(10-11-37-16-25)24(35)31-13-17-6-8-19(9-7-17)32-22-5-3-2-4-21(22)26(27,28)29/h2-9,12,14-15,32H,10-11,13,16H2,1H3,(H,31,35)(H,33,34)/t25-/m0/s1. The van der Waals surface area contributed by atoms with Crippen molar-refractivity contribution in [1.29, 1.82) is 0 Å². The van der Waals surface area contributed by atoms with Crippen molar-refractivity contribution in [2.75, 3.05) is 25.6 Å². The average Bonchev–Trinajstić information content (AvgIpc) is 3.37. The molecule has 0 radical (unpaired) electrons. The zero-order valence-corrected chi connectivity index (χ0v) is 19.9. The molecule has 11 heteroatoms. The van der Waals surface area contributed by atoms with Gasteiger partial charge in [0, 0.05) is 31.5 Å². The summed E-state index contributed by atoms with van der Waals surface area (Å²) in [6.07, 6.45) is -1.34. The van der Waals surface area contributed by atoms with Crippen LogP contribution in [-0.4, -0.2) is 42.7 Å². The zero-order chi connectivity index (χ0) is 26.5. The average molecular weight is 515 g/mol. The highest BCUT2D eigenvalue weighted by Crippen LogP contribution is 2.35. The summed E-state index contributed by atoms with van der Waals surface area (Å²) >= 11 is 0. The molecule has 1 aliphatic rings. The van der Waals surface area contributed by atoms with Crippen molar-refractivity contribution in [3.8, 4) is 5.75 Å². The van der Waals surface area contributed by atoms with E-state index in [0.717, 1.165) is 11.6 Å². The highest BCUT2D eigenvalue weighted by Gasteiger charge is 2.43. The molecule has 1 aromatic heterocycles. The molecule has 37 heavy (non-hydrogen) atoms. The lowest BCUT2D eigenvalue weighted by molar-refractivity contribution is -0.137. The molecule has 0 saturated carbocycles. The number of benzene rings is 2. The molecule has 3 N–H and O–H groups in total. The Hall–Kier alpha value is -4.12. The van der Waals surface area contributed by atoms with Gasteiger partial charge in [0.2, 0.25) is 5.91 Å². The fraction of sp³-hybridized carbons (Fsp3) is 0.269. The molecule has 0 aliphatic carbocycles. The number of nitrogens with zero attached hydrogens (tertiary/aromatic N) is 1. The lowest BCUT2D eigenvalue weighted by Gasteiger charge is -2.27. The van der Waals surface area contributed by atoms with Gasteiger partial charge in [-0.25, -0.2) is 0 Å². The molecule has 1 saturated heterocycles. The molecule has 0 unspecified atom stereocenters. The summed E-state index contributed by atoms with van der Waals surface area (Å²) in [7, 11) is 1.46. The van der Waals surface area contributed by atoms with Crippen LogP contribution in [0, 0.1) is 0 Å². The molecule has 0 bridgehead atoms. The van der Waals surface area contributed by atoms with Gasteiger partial charge in [0.15, 0.2) is 0 Å². The second-order valence-corrected chi connectivity index (χ2v) is 8.50. The molecule has 1 atom stereocenters. The van der Waals surface area contributed by atoms with Crippen molar-refractivity contribution < 1.29 is 32.2 Å². The van der Waals surface area contributed by atoms with Crippen molar-refractivity contribution in [2.45, 2.75) is 24.7 Å². The number of nitrogens with one attached hydrogen (secondary N) is 3. The summed E-state index contributed by atoms with van der Waals surface area (Å²) in [6, 6.07) is 13.4. The van der Waals surface area contributed by atoms with Crippen LogP contribution in [0.5, 0.6) is 5.75 Å². The van der Waals surface area contributed by atoms with E-state index >= 15 is 0 Å². The van der Waals surface area contributed by atoms with E-state index in [0.29, 0.717) is 24.5 Å². The van der Waals surface area contributed by atoms with Crippen LogP contribution in [0.15, 0.2) is 67.0 Å². The van der Waals surface area contributed by atoms with E-state index in [1.807, 2.05) is 0 Å². The normalized spacial score (nSPS) is 17.2. The molecule has 1 fully saturated rings. The summed E-state index contributed by atoms with van der Waals surface area (Å²) in [5.41, 5.74) is -0.632. The zero-order valence-electron chi connectivity index (χ0n) is 19.9. The molecule has 3 aromatic rings. The fourth-order valence-electron chi connectivity index (χ4n) is 3.90. The molecule has 4 rings (SSSR count). The summed E-state index contributed by atoms with van der Waals surface area (Å²) in [5.74, 6) is -0.481. The van der Waals surface area contributed by atoms with Crippen LogP contribution in [0.4, 0.5) is 24.5 Å². The third-order valence-corrected chi connectivity index (χ3v) is 5.94. The van der Waals surface area contributed by atoms with E-state index in [2.05, 4.69) is 20.9 Å². The predicted molar refractivity (Wildman–Crippen MR) is 129 cm³/mol. The van der Waals surface area contributed by atoms with Crippen molar-refractivity contribution in [3.63, 3.8) is 0 Å². The first-order chi connectivity index (χ1) is 17.7. The summed E-state index contributed by atoms with van der Waals surface area (Å²) in [6.45, 7) is 0.476. The Morgan fingerprint density at radius 1 is 1.11 bits per heavy atom. The van der Waals surface area contributed by atoms with E-state index < -0.39 is 29.1 Å². The summed E-state index contributed by atoms with van der Waals surface area (Å²) in [5, 5.41) is 8.37. The molecule has 8 nitrogen and oxygen atoms in total. The van der Waals surface area contributed by atoms with Crippen molar-refractivity contribution in [3.05, 3.63) is 83.7 Å². The van der Waals surface area contributed by atoms with Gasteiger partial charge in [-0.05, 0) is 35.9 Å². The first-order valence-electron chi connectivity index (χ1n) is 11.4. The largest absolute Gasteiger partial charge is 0.495 e. The topological polar surface area (TPSA) is 102 Å². The second-order valence-electron chi connectivity index (χ2n) is 8.50. The number of rotatable bonds is 8. The highest BCUT2D eigenvalue weighted by atomic mass is 19.4. The quantitative estimate of drug-likeness (QED) is 0.419. The number of halogens is 3. The fourth-order valence-corrected chi connectivity index (χ4v) is 3.90. The van der Waals surface area contributed by atoms with Gasteiger partial charge >= 0.3 is 6.18 Å². The number of ether oxygens (including phenoxy) is 2. The highest BCUT2D eigenvalue weighted by molar-refractivity contribution is 5.99. The Labute approximate surface area is 211 Å². The number of para-hydroxylation sites is 1. The Bertz CT molecular complexity index is 1260. The minimum absolute atomic E-state index is 0.0173. The maximum Gasteiger partial charge on any atom is 0.418 e. The van der Waals surface area contributed by atoms with E-state index in [-0.39, 0.29) is 24.4 Å². The van der Waals surface area contributed by atoms with Crippen LogP contribution in [0.3, 0.4) is 0 Å². The molecular formula is C26H25F3N4O4. The third-order valence-electron chi connectivity index (χ3n) is 5.94. The van der Waals surface area contributed by atoms with Crippen LogP contribution in [0.2, 0.25) is 0 Å². The van der Waals surface area contributed by atoms with Crippen LogP contribution in [0.1, 0.15) is 27.9 Å².